The fourth-order valence-electron chi connectivity index (χ4n) is 1.60. The fourth-order valence-corrected chi connectivity index (χ4v) is 1.60. The second-order valence-electron chi connectivity index (χ2n) is 3.74. The summed E-state index contributed by atoms with van der Waals surface area (Å²) in [5.41, 5.74) is 0. The Labute approximate surface area is 100 Å². The van der Waals surface area contributed by atoms with Crippen molar-refractivity contribution in [3.8, 4) is 6.07 Å². The van der Waals surface area contributed by atoms with Gasteiger partial charge in [0, 0.05) is 13.1 Å². The first-order valence-corrected chi connectivity index (χ1v) is 5.56. The second kappa shape index (κ2) is 6.99. The Balaban J connectivity index is 2.31. The summed E-state index contributed by atoms with van der Waals surface area (Å²) in [7, 11) is 0. The van der Waals surface area contributed by atoms with Gasteiger partial charge in [-0.3, -0.25) is 14.5 Å². The third-order valence-corrected chi connectivity index (χ3v) is 2.34. The quantitative estimate of drug-likeness (QED) is 0.486. The maximum absolute atomic E-state index is 11.5. The number of Topliss-reactive ketones (excluding diaryl/α,β-unsaturated/α-hetero) is 1. The molecule has 0 spiro atoms. The zero-order valence-corrected chi connectivity index (χ0v) is 9.85. The van der Waals surface area contributed by atoms with E-state index in [1.54, 1.807) is 6.92 Å². The molecule has 0 saturated carbocycles. The summed E-state index contributed by atoms with van der Waals surface area (Å²) in [6.07, 6.45) is -0.693. The normalized spacial score (nSPS) is 20.6. The van der Waals surface area contributed by atoms with E-state index in [1.807, 2.05) is 11.0 Å². The van der Waals surface area contributed by atoms with Gasteiger partial charge in [0.15, 0.2) is 11.9 Å². The summed E-state index contributed by atoms with van der Waals surface area (Å²) < 4.78 is 9.84. The summed E-state index contributed by atoms with van der Waals surface area (Å²) in [4.78, 5) is 24.4. The molecule has 6 nitrogen and oxygen atoms in total. The number of morpholine rings is 1. The van der Waals surface area contributed by atoms with Crippen molar-refractivity contribution in [1.29, 1.82) is 5.26 Å². The molecule has 1 atom stereocenters. The molecule has 0 radical (unpaired) electrons. The van der Waals surface area contributed by atoms with Gasteiger partial charge >= 0.3 is 5.97 Å². The van der Waals surface area contributed by atoms with E-state index in [1.165, 1.54) is 0 Å². The van der Waals surface area contributed by atoms with Crippen LogP contribution in [-0.2, 0) is 19.1 Å². The highest BCUT2D eigenvalue weighted by Gasteiger charge is 2.22. The first-order valence-electron chi connectivity index (χ1n) is 5.56. The number of hydrogen-bond donors (Lipinski definition) is 0. The average molecular weight is 240 g/mol. The third kappa shape index (κ3) is 4.93. The van der Waals surface area contributed by atoms with E-state index in [9.17, 15) is 9.59 Å². The summed E-state index contributed by atoms with van der Waals surface area (Å²) >= 11 is 0. The van der Waals surface area contributed by atoms with Gasteiger partial charge in [0.1, 0.15) is 6.42 Å². The van der Waals surface area contributed by atoms with Crippen LogP contribution in [0.3, 0.4) is 0 Å². The molecule has 1 unspecified atom stereocenters. The molecule has 94 valence electrons. The SMILES string of the molecule is CCOC(=O)CC(=O)CN1CCOC(C#N)C1. The van der Waals surface area contributed by atoms with Crippen LogP contribution in [0.1, 0.15) is 13.3 Å². The van der Waals surface area contributed by atoms with Gasteiger partial charge in [0.05, 0.1) is 25.8 Å². The fraction of sp³-hybridized carbons (Fsp3) is 0.727. The van der Waals surface area contributed by atoms with Gasteiger partial charge < -0.3 is 9.47 Å². The maximum atomic E-state index is 11.5. The first kappa shape index (κ1) is 13.6. The summed E-state index contributed by atoms with van der Waals surface area (Å²) in [5, 5.41) is 8.70. The predicted molar refractivity (Wildman–Crippen MR) is 58.1 cm³/mol. The Morgan fingerprint density at radius 1 is 1.59 bits per heavy atom. The summed E-state index contributed by atoms with van der Waals surface area (Å²) in [5.74, 6) is -0.690. The minimum absolute atomic E-state index is 0.167. The monoisotopic (exact) mass is 240 g/mol. The molecule has 1 rings (SSSR count). The number of ketones is 1. The maximum Gasteiger partial charge on any atom is 0.313 e. The number of rotatable bonds is 5. The molecule has 17 heavy (non-hydrogen) atoms. The van der Waals surface area contributed by atoms with Gasteiger partial charge in [-0.2, -0.15) is 5.26 Å². The number of esters is 1. The van der Waals surface area contributed by atoms with E-state index in [0.29, 0.717) is 19.7 Å². The van der Waals surface area contributed by atoms with Crippen molar-refractivity contribution in [2.45, 2.75) is 19.4 Å². The van der Waals surface area contributed by atoms with Crippen LogP contribution in [0.15, 0.2) is 0 Å². The molecule has 0 amide bonds. The summed E-state index contributed by atoms with van der Waals surface area (Å²) in [6, 6.07) is 2.00. The van der Waals surface area contributed by atoms with E-state index >= 15 is 0 Å². The van der Waals surface area contributed by atoms with Gasteiger partial charge in [0.25, 0.3) is 0 Å². The largest absolute Gasteiger partial charge is 0.466 e. The minimum Gasteiger partial charge on any atom is -0.466 e. The topological polar surface area (TPSA) is 79.6 Å². The smallest absolute Gasteiger partial charge is 0.313 e. The Hall–Kier alpha value is -1.45. The van der Waals surface area contributed by atoms with Gasteiger partial charge in [-0.05, 0) is 6.92 Å². The standard InChI is InChI=1S/C11H16N2O4/c1-2-16-11(15)5-9(14)7-13-3-4-17-10(6-12)8-13/h10H,2-5,7-8H2,1H3. The van der Waals surface area contributed by atoms with Crippen molar-refractivity contribution in [2.75, 3.05) is 32.8 Å². The highest BCUT2D eigenvalue weighted by Crippen LogP contribution is 2.04. The first-order chi connectivity index (χ1) is 8.15. The van der Waals surface area contributed by atoms with Crippen molar-refractivity contribution in [3.05, 3.63) is 0 Å². The predicted octanol–water partition coefficient (Wildman–Crippen LogP) is -0.267. The molecule has 1 fully saturated rings. The molecule has 0 aromatic rings. The van der Waals surface area contributed by atoms with Crippen molar-refractivity contribution >= 4 is 11.8 Å². The number of carbonyl (C=O) groups excluding carboxylic acids is 2. The van der Waals surface area contributed by atoms with Crippen LogP contribution < -0.4 is 0 Å². The van der Waals surface area contributed by atoms with Crippen LogP contribution in [0.2, 0.25) is 0 Å². The van der Waals surface area contributed by atoms with E-state index in [4.69, 9.17) is 10.00 Å². The molecule has 0 aromatic heterocycles. The van der Waals surface area contributed by atoms with E-state index in [2.05, 4.69) is 4.74 Å². The van der Waals surface area contributed by atoms with Crippen molar-refractivity contribution in [1.82, 2.24) is 4.90 Å². The van der Waals surface area contributed by atoms with Gasteiger partial charge in [0.2, 0.25) is 0 Å². The number of nitrogens with zero attached hydrogens (tertiary/aromatic N) is 2. The molecule has 1 aliphatic rings. The molecule has 0 aromatic carbocycles. The van der Waals surface area contributed by atoms with Crippen LogP contribution in [-0.4, -0.2) is 55.6 Å². The Kier molecular flexibility index (Phi) is 5.60. The molecule has 0 N–H and O–H groups in total. The number of carbonyl (C=O) groups is 2. The molecule has 1 aliphatic heterocycles. The molecule has 1 saturated heterocycles. The Morgan fingerprint density at radius 3 is 3.00 bits per heavy atom. The number of nitriles is 1. The zero-order valence-electron chi connectivity index (χ0n) is 9.85. The van der Waals surface area contributed by atoms with Crippen LogP contribution in [0.4, 0.5) is 0 Å². The minimum atomic E-state index is -0.498. The second-order valence-corrected chi connectivity index (χ2v) is 3.74. The Morgan fingerprint density at radius 2 is 2.35 bits per heavy atom. The van der Waals surface area contributed by atoms with Gasteiger partial charge in [-0.15, -0.1) is 0 Å². The highest BCUT2D eigenvalue weighted by atomic mass is 16.5. The van der Waals surface area contributed by atoms with Crippen molar-refractivity contribution in [2.24, 2.45) is 0 Å². The number of hydrogen-bond acceptors (Lipinski definition) is 6. The Bertz CT molecular complexity index is 324. The third-order valence-electron chi connectivity index (χ3n) is 2.34. The van der Waals surface area contributed by atoms with Crippen LogP contribution in [0.5, 0.6) is 0 Å². The van der Waals surface area contributed by atoms with Crippen LogP contribution in [0.25, 0.3) is 0 Å². The van der Waals surface area contributed by atoms with Crippen LogP contribution >= 0.6 is 0 Å². The van der Waals surface area contributed by atoms with E-state index in [0.717, 1.165) is 0 Å². The molecule has 0 aliphatic carbocycles. The van der Waals surface area contributed by atoms with Crippen molar-refractivity contribution < 1.29 is 19.1 Å². The lowest BCUT2D eigenvalue weighted by atomic mass is 10.2. The highest BCUT2D eigenvalue weighted by molar-refractivity contribution is 5.96. The lowest BCUT2D eigenvalue weighted by Crippen LogP contribution is -2.44. The van der Waals surface area contributed by atoms with Crippen LogP contribution in [0, 0.1) is 11.3 Å². The molecular formula is C11H16N2O4. The molecule has 6 heteroatoms. The van der Waals surface area contributed by atoms with E-state index < -0.39 is 12.1 Å². The van der Waals surface area contributed by atoms with Gasteiger partial charge in [-0.25, -0.2) is 0 Å². The lowest BCUT2D eigenvalue weighted by molar-refractivity contribution is -0.145. The molecular weight excluding hydrogens is 224 g/mol. The lowest BCUT2D eigenvalue weighted by Gasteiger charge is -2.28. The van der Waals surface area contributed by atoms with E-state index in [-0.39, 0.29) is 25.4 Å². The van der Waals surface area contributed by atoms with Gasteiger partial charge in [-0.1, -0.05) is 0 Å². The average Bonchev–Trinajstić information content (AvgIpc) is 2.29. The van der Waals surface area contributed by atoms with Crippen molar-refractivity contribution in [3.63, 3.8) is 0 Å². The number of ether oxygens (including phenoxy) is 2. The summed E-state index contributed by atoms with van der Waals surface area (Å²) in [6.45, 7) is 3.59. The molecule has 1 heterocycles. The molecule has 0 bridgehead atoms. The zero-order chi connectivity index (χ0) is 12.7.